The second-order valence-electron chi connectivity index (χ2n) is 7.70. The Morgan fingerprint density at radius 1 is 1.29 bits per heavy atom. The summed E-state index contributed by atoms with van der Waals surface area (Å²) >= 11 is 1.17. The molecule has 0 spiro atoms. The number of hydrogen-bond donors (Lipinski definition) is 0. The van der Waals surface area contributed by atoms with Gasteiger partial charge in [-0.1, -0.05) is 37.5 Å². The van der Waals surface area contributed by atoms with Gasteiger partial charge >= 0.3 is 0 Å². The number of anilines is 1. The van der Waals surface area contributed by atoms with E-state index in [1.54, 1.807) is 0 Å². The molecule has 0 saturated heterocycles. The van der Waals surface area contributed by atoms with E-state index >= 15 is 0 Å². The third-order valence-electron chi connectivity index (χ3n) is 5.10. The summed E-state index contributed by atoms with van der Waals surface area (Å²) in [7, 11) is 1.49. The number of rotatable bonds is 9. The molecule has 0 aliphatic carbocycles. The number of benzene rings is 1. The summed E-state index contributed by atoms with van der Waals surface area (Å²) in [6, 6.07) is 6.25. The van der Waals surface area contributed by atoms with E-state index in [2.05, 4.69) is 53.0 Å². The number of carbonyl (C=O) groups is 1. The highest BCUT2D eigenvalue weighted by molar-refractivity contribution is 7.17. The predicted molar refractivity (Wildman–Crippen MR) is 114 cm³/mol. The maximum absolute atomic E-state index is 11.0. The highest BCUT2D eigenvalue weighted by Gasteiger charge is 2.35. The minimum absolute atomic E-state index is 0.117. The fraction of sp³-hybridized carbons (Fsp3) is 0.524. The van der Waals surface area contributed by atoms with Crippen molar-refractivity contribution in [2.24, 2.45) is 10.2 Å². The van der Waals surface area contributed by atoms with Crippen LogP contribution in [0.15, 0.2) is 28.4 Å². The fourth-order valence-electron chi connectivity index (χ4n) is 3.72. The summed E-state index contributed by atoms with van der Waals surface area (Å²) in [5, 5.41) is 8.92. The standard InChI is InChI=1S/C21H28N4O2S/c1-5-6-7-8-11-25-17-10-9-16(12-15(17)13-21(25,2)3)23-24-20-22-19(27-4)18(14-26)28-20/h9-10,12,14H,5-8,11,13H2,1-4H3. The van der Waals surface area contributed by atoms with Gasteiger partial charge < -0.3 is 9.64 Å². The third-order valence-corrected chi connectivity index (χ3v) is 5.95. The van der Waals surface area contributed by atoms with Crippen LogP contribution in [0.1, 0.15) is 61.7 Å². The van der Waals surface area contributed by atoms with Crippen LogP contribution in [0.5, 0.6) is 5.88 Å². The molecule has 0 unspecified atom stereocenters. The number of aromatic nitrogens is 1. The molecule has 150 valence electrons. The largest absolute Gasteiger partial charge is 0.480 e. The van der Waals surface area contributed by atoms with Crippen molar-refractivity contribution >= 4 is 34.1 Å². The minimum Gasteiger partial charge on any atom is -0.480 e. The van der Waals surface area contributed by atoms with Crippen LogP contribution in [-0.4, -0.2) is 30.5 Å². The molecule has 0 amide bonds. The van der Waals surface area contributed by atoms with Gasteiger partial charge in [-0.25, -0.2) is 0 Å². The van der Waals surface area contributed by atoms with Crippen molar-refractivity contribution in [2.45, 2.75) is 58.4 Å². The van der Waals surface area contributed by atoms with Crippen LogP contribution in [0.25, 0.3) is 0 Å². The Balaban J connectivity index is 1.75. The van der Waals surface area contributed by atoms with E-state index in [0.717, 1.165) is 24.9 Å². The van der Waals surface area contributed by atoms with Crippen molar-refractivity contribution < 1.29 is 9.53 Å². The number of aldehydes is 1. The van der Waals surface area contributed by atoms with E-state index in [0.29, 0.717) is 15.9 Å². The van der Waals surface area contributed by atoms with Crippen LogP contribution in [0.3, 0.4) is 0 Å². The molecule has 0 fully saturated rings. The van der Waals surface area contributed by atoms with Crippen LogP contribution < -0.4 is 9.64 Å². The molecule has 0 radical (unpaired) electrons. The average molecular weight is 401 g/mol. The van der Waals surface area contributed by atoms with E-state index in [4.69, 9.17) is 4.74 Å². The van der Waals surface area contributed by atoms with Gasteiger partial charge in [0.2, 0.25) is 11.0 Å². The van der Waals surface area contributed by atoms with E-state index in [1.807, 2.05) is 6.07 Å². The summed E-state index contributed by atoms with van der Waals surface area (Å²) in [4.78, 5) is 18.1. The Morgan fingerprint density at radius 2 is 2.11 bits per heavy atom. The third kappa shape index (κ3) is 4.41. The number of nitrogens with zero attached hydrogens (tertiary/aromatic N) is 4. The van der Waals surface area contributed by atoms with Crippen LogP contribution in [0.4, 0.5) is 16.5 Å². The smallest absolute Gasteiger partial charge is 0.237 e. The van der Waals surface area contributed by atoms with Crippen molar-refractivity contribution in [3.05, 3.63) is 28.6 Å². The Bertz CT molecular complexity index is 860. The Kier molecular flexibility index (Phi) is 6.44. The lowest BCUT2D eigenvalue weighted by Gasteiger charge is -2.34. The zero-order chi connectivity index (χ0) is 20.1. The predicted octanol–water partition coefficient (Wildman–Crippen LogP) is 6.10. The lowest BCUT2D eigenvalue weighted by molar-refractivity contribution is 0.112. The molecule has 3 rings (SSSR count). The normalized spacial score (nSPS) is 15.2. The van der Waals surface area contributed by atoms with Gasteiger partial charge in [-0.2, -0.15) is 4.98 Å². The van der Waals surface area contributed by atoms with Crippen molar-refractivity contribution in [1.29, 1.82) is 0 Å². The summed E-state index contributed by atoms with van der Waals surface area (Å²) < 4.78 is 5.07. The first-order valence-corrected chi connectivity index (χ1v) is 10.6. The van der Waals surface area contributed by atoms with E-state index in [1.165, 1.54) is 55.4 Å². The minimum atomic E-state index is 0.117. The molecule has 0 N–H and O–H groups in total. The van der Waals surface area contributed by atoms with Gasteiger partial charge in [0.1, 0.15) is 4.88 Å². The molecular formula is C21H28N4O2S. The summed E-state index contributed by atoms with van der Waals surface area (Å²) in [6.45, 7) is 7.94. The summed E-state index contributed by atoms with van der Waals surface area (Å²) in [5.74, 6) is 0.295. The zero-order valence-electron chi connectivity index (χ0n) is 17.1. The van der Waals surface area contributed by atoms with Crippen LogP contribution in [0.2, 0.25) is 0 Å². The number of ether oxygens (including phenoxy) is 1. The molecule has 28 heavy (non-hydrogen) atoms. The maximum Gasteiger partial charge on any atom is 0.237 e. The molecule has 1 aromatic carbocycles. The number of hydrogen-bond acceptors (Lipinski definition) is 7. The first-order chi connectivity index (χ1) is 13.5. The molecule has 6 nitrogen and oxygen atoms in total. The van der Waals surface area contributed by atoms with Gasteiger partial charge in [0, 0.05) is 17.8 Å². The maximum atomic E-state index is 11.0. The molecule has 1 aliphatic rings. The lowest BCUT2D eigenvalue weighted by atomic mass is 9.99. The second kappa shape index (κ2) is 8.82. The molecule has 1 aromatic heterocycles. The molecule has 0 bridgehead atoms. The van der Waals surface area contributed by atoms with Gasteiger partial charge in [-0.15, -0.1) is 10.2 Å². The fourth-order valence-corrected chi connectivity index (χ4v) is 4.39. The monoisotopic (exact) mass is 400 g/mol. The first-order valence-electron chi connectivity index (χ1n) is 9.81. The molecule has 0 saturated carbocycles. The lowest BCUT2D eigenvalue weighted by Crippen LogP contribution is -2.41. The summed E-state index contributed by atoms with van der Waals surface area (Å²) in [6.07, 6.45) is 6.79. The van der Waals surface area contributed by atoms with Gasteiger partial charge in [0.15, 0.2) is 6.29 Å². The van der Waals surface area contributed by atoms with E-state index < -0.39 is 0 Å². The number of unbranched alkanes of at least 4 members (excludes halogenated alkanes) is 3. The molecular weight excluding hydrogens is 372 g/mol. The summed E-state index contributed by atoms with van der Waals surface area (Å²) in [5.41, 5.74) is 3.53. The van der Waals surface area contributed by atoms with E-state index in [-0.39, 0.29) is 5.54 Å². The van der Waals surface area contributed by atoms with E-state index in [9.17, 15) is 4.79 Å². The number of azo groups is 1. The number of fused-ring (bicyclic) bond motifs is 1. The Hall–Kier alpha value is -2.28. The van der Waals surface area contributed by atoms with Gasteiger partial charge in [-0.3, -0.25) is 4.79 Å². The SMILES string of the molecule is CCCCCCN1c2ccc(N=Nc3nc(OC)c(C=O)s3)cc2CC1(C)C. The van der Waals surface area contributed by atoms with Crippen LogP contribution in [-0.2, 0) is 6.42 Å². The van der Waals surface area contributed by atoms with Crippen molar-refractivity contribution in [3.63, 3.8) is 0 Å². The number of thiazole rings is 1. The van der Waals surface area contributed by atoms with Gasteiger partial charge in [0.25, 0.3) is 0 Å². The second-order valence-corrected chi connectivity index (χ2v) is 8.71. The molecule has 0 atom stereocenters. The highest BCUT2D eigenvalue weighted by Crippen LogP contribution is 2.41. The highest BCUT2D eigenvalue weighted by atomic mass is 32.1. The quantitative estimate of drug-likeness (QED) is 0.290. The number of carbonyl (C=O) groups excluding carboxylic acids is 1. The van der Waals surface area contributed by atoms with Crippen LogP contribution in [0, 0.1) is 0 Å². The Labute approximate surface area is 170 Å². The molecule has 7 heteroatoms. The molecule has 2 aromatic rings. The van der Waals surface area contributed by atoms with Crippen molar-refractivity contribution in [1.82, 2.24) is 4.98 Å². The topological polar surface area (TPSA) is 67.2 Å². The Morgan fingerprint density at radius 3 is 2.79 bits per heavy atom. The van der Waals surface area contributed by atoms with Crippen molar-refractivity contribution in [3.8, 4) is 5.88 Å². The van der Waals surface area contributed by atoms with Gasteiger partial charge in [-0.05, 0) is 50.5 Å². The average Bonchev–Trinajstić information content (AvgIpc) is 3.20. The van der Waals surface area contributed by atoms with Crippen molar-refractivity contribution in [2.75, 3.05) is 18.6 Å². The number of methoxy groups -OCH3 is 1. The van der Waals surface area contributed by atoms with Crippen LogP contribution >= 0.6 is 11.3 Å². The molecule has 2 heterocycles. The zero-order valence-corrected chi connectivity index (χ0v) is 17.9. The van der Waals surface area contributed by atoms with Gasteiger partial charge in [0.05, 0.1) is 12.8 Å². The molecule has 1 aliphatic heterocycles. The first kappa shape index (κ1) is 20.5.